The second-order valence-electron chi connectivity index (χ2n) is 3.73. The van der Waals surface area contributed by atoms with Gasteiger partial charge in [0.15, 0.2) is 0 Å². The average molecular weight is 216 g/mol. The minimum atomic E-state index is 0.102. The summed E-state index contributed by atoms with van der Waals surface area (Å²) < 4.78 is 0. The van der Waals surface area contributed by atoms with Crippen molar-refractivity contribution < 1.29 is 4.79 Å². The summed E-state index contributed by atoms with van der Waals surface area (Å²) in [4.78, 5) is 14.9. The smallest absolute Gasteiger partial charge is 0.220 e. The lowest BCUT2D eigenvalue weighted by Crippen LogP contribution is -2.41. The van der Waals surface area contributed by atoms with Crippen molar-refractivity contribution in [3.63, 3.8) is 0 Å². The molecule has 0 saturated carbocycles. The second-order valence-corrected chi connectivity index (χ2v) is 3.73. The Labute approximate surface area is 93.5 Å². The SMILES string of the molecule is N#Cc1cc(NC2CCC(=O)NC2)ccn1. The second kappa shape index (κ2) is 4.62. The zero-order valence-corrected chi connectivity index (χ0v) is 8.73. The third kappa shape index (κ3) is 2.48. The number of amides is 1. The van der Waals surface area contributed by atoms with E-state index >= 15 is 0 Å². The molecule has 1 fully saturated rings. The molecule has 0 radical (unpaired) electrons. The van der Waals surface area contributed by atoms with E-state index in [0.717, 1.165) is 12.1 Å². The van der Waals surface area contributed by atoms with Crippen molar-refractivity contribution in [2.24, 2.45) is 0 Å². The molecule has 0 bridgehead atoms. The Morgan fingerprint density at radius 3 is 3.19 bits per heavy atom. The van der Waals surface area contributed by atoms with Crippen LogP contribution in [0, 0.1) is 11.3 Å². The molecule has 2 N–H and O–H groups in total. The van der Waals surface area contributed by atoms with Crippen molar-refractivity contribution in [1.82, 2.24) is 10.3 Å². The van der Waals surface area contributed by atoms with Crippen LogP contribution in [0.1, 0.15) is 18.5 Å². The summed E-state index contributed by atoms with van der Waals surface area (Å²) in [6.45, 7) is 0.628. The number of anilines is 1. The molecule has 1 atom stereocenters. The first-order valence-corrected chi connectivity index (χ1v) is 5.17. The Morgan fingerprint density at radius 1 is 1.62 bits per heavy atom. The molecule has 1 saturated heterocycles. The van der Waals surface area contributed by atoms with E-state index in [1.54, 1.807) is 12.3 Å². The molecular formula is C11H12N4O. The molecule has 1 aliphatic heterocycles. The number of carbonyl (C=O) groups is 1. The van der Waals surface area contributed by atoms with Gasteiger partial charge in [-0.15, -0.1) is 0 Å². The highest BCUT2D eigenvalue weighted by atomic mass is 16.1. The summed E-state index contributed by atoms with van der Waals surface area (Å²) in [5, 5.41) is 14.8. The molecule has 1 aromatic rings. The normalized spacial score (nSPS) is 19.7. The van der Waals surface area contributed by atoms with E-state index in [-0.39, 0.29) is 11.9 Å². The zero-order valence-electron chi connectivity index (χ0n) is 8.73. The standard InChI is InChI=1S/C11H12N4O/c12-6-10-5-8(3-4-13-10)15-9-1-2-11(16)14-7-9/h3-5,9H,1-2,7H2,(H,13,15)(H,14,16). The van der Waals surface area contributed by atoms with E-state index in [1.165, 1.54) is 0 Å². The lowest BCUT2D eigenvalue weighted by atomic mass is 10.1. The number of nitriles is 1. The highest BCUT2D eigenvalue weighted by molar-refractivity contribution is 5.77. The van der Waals surface area contributed by atoms with E-state index in [2.05, 4.69) is 15.6 Å². The number of hydrogen-bond acceptors (Lipinski definition) is 4. The first-order valence-electron chi connectivity index (χ1n) is 5.17. The van der Waals surface area contributed by atoms with Gasteiger partial charge in [-0.3, -0.25) is 4.79 Å². The fraction of sp³-hybridized carbons (Fsp3) is 0.364. The minimum absolute atomic E-state index is 0.102. The van der Waals surface area contributed by atoms with Gasteiger partial charge < -0.3 is 10.6 Å². The van der Waals surface area contributed by atoms with Crippen LogP contribution in [0.3, 0.4) is 0 Å². The summed E-state index contributed by atoms with van der Waals surface area (Å²) in [5.74, 6) is 0.102. The fourth-order valence-corrected chi connectivity index (χ4v) is 1.67. The van der Waals surface area contributed by atoms with Gasteiger partial charge in [-0.05, 0) is 18.6 Å². The van der Waals surface area contributed by atoms with Gasteiger partial charge in [-0.25, -0.2) is 4.98 Å². The first-order chi connectivity index (χ1) is 7.78. The Kier molecular flexibility index (Phi) is 3.01. The summed E-state index contributed by atoms with van der Waals surface area (Å²) in [5.41, 5.74) is 1.26. The highest BCUT2D eigenvalue weighted by Crippen LogP contribution is 2.12. The third-order valence-electron chi connectivity index (χ3n) is 2.51. The van der Waals surface area contributed by atoms with Crippen molar-refractivity contribution in [2.45, 2.75) is 18.9 Å². The van der Waals surface area contributed by atoms with E-state index < -0.39 is 0 Å². The molecule has 0 aromatic carbocycles. The number of pyridine rings is 1. The molecule has 0 aliphatic carbocycles. The molecule has 1 aliphatic rings. The summed E-state index contributed by atoms with van der Waals surface area (Å²) in [6, 6.07) is 5.74. The Morgan fingerprint density at radius 2 is 2.50 bits per heavy atom. The molecule has 5 heteroatoms. The topological polar surface area (TPSA) is 77.8 Å². The zero-order chi connectivity index (χ0) is 11.4. The maximum Gasteiger partial charge on any atom is 0.220 e. The fourth-order valence-electron chi connectivity index (χ4n) is 1.67. The van der Waals surface area contributed by atoms with Gasteiger partial charge in [0, 0.05) is 30.9 Å². The lowest BCUT2D eigenvalue weighted by molar-refractivity contribution is -0.122. The Bertz CT molecular complexity index is 428. The molecule has 2 heterocycles. The van der Waals surface area contributed by atoms with Gasteiger partial charge in [-0.2, -0.15) is 5.26 Å². The van der Waals surface area contributed by atoms with Gasteiger partial charge >= 0.3 is 0 Å². The van der Waals surface area contributed by atoms with E-state index in [0.29, 0.717) is 18.7 Å². The molecule has 0 spiro atoms. The lowest BCUT2D eigenvalue weighted by Gasteiger charge is -2.24. The van der Waals surface area contributed by atoms with Crippen LogP contribution < -0.4 is 10.6 Å². The summed E-state index contributed by atoms with van der Waals surface area (Å²) in [6.07, 6.45) is 2.96. The Hall–Kier alpha value is -2.09. The molecule has 1 aromatic heterocycles. The number of carbonyl (C=O) groups excluding carboxylic acids is 1. The molecule has 5 nitrogen and oxygen atoms in total. The van der Waals surface area contributed by atoms with Gasteiger partial charge in [0.25, 0.3) is 0 Å². The van der Waals surface area contributed by atoms with Crippen LogP contribution >= 0.6 is 0 Å². The third-order valence-corrected chi connectivity index (χ3v) is 2.51. The van der Waals surface area contributed by atoms with Gasteiger partial charge in [0.05, 0.1) is 0 Å². The van der Waals surface area contributed by atoms with Crippen molar-refractivity contribution in [3.05, 3.63) is 24.0 Å². The molecule has 16 heavy (non-hydrogen) atoms. The van der Waals surface area contributed by atoms with Gasteiger partial charge in [0.1, 0.15) is 11.8 Å². The largest absolute Gasteiger partial charge is 0.380 e. The number of piperidine rings is 1. The van der Waals surface area contributed by atoms with E-state index in [1.807, 2.05) is 12.1 Å². The van der Waals surface area contributed by atoms with Crippen LogP contribution in [0.25, 0.3) is 0 Å². The number of hydrogen-bond donors (Lipinski definition) is 2. The number of aromatic nitrogens is 1. The van der Waals surface area contributed by atoms with Gasteiger partial charge in [-0.1, -0.05) is 0 Å². The van der Waals surface area contributed by atoms with Crippen LogP contribution in [0.4, 0.5) is 5.69 Å². The van der Waals surface area contributed by atoms with Crippen LogP contribution in [0.15, 0.2) is 18.3 Å². The van der Waals surface area contributed by atoms with E-state index in [4.69, 9.17) is 5.26 Å². The van der Waals surface area contributed by atoms with E-state index in [9.17, 15) is 4.79 Å². The maximum atomic E-state index is 11.0. The van der Waals surface area contributed by atoms with Crippen LogP contribution in [0.5, 0.6) is 0 Å². The number of nitrogens with zero attached hydrogens (tertiary/aromatic N) is 2. The highest BCUT2D eigenvalue weighted by Gasteiger charge is 2.17. The van der Waals surface area contributed by atoms with Crippen LogP contribution in [-0.4, -0.2) is 23.5 Å². The van der Waals surface area contributed by atoms with Crippen LogP contribution in [-0.2, 0) is 4.79 Å². The quantitative estimate of drug-likeness (QED) is 0.760. The van der Waals surface area contributed by atoms with Crippen molar-refractivity contribution >= 4 is 11.6 Å². The monoisotopic (exact) mass is 216 g/mol. The molecule has 2 rings (SSSR count). The van der Waals surface area contributed by atoms with Crippen molar-refractivity contribution in [2.75, 3.05) is 11.9 Å². The van der Waals surface area contributed by atoms with Gasteiger partial charge in [0.2, 0.25) is 5.91 Å². The summed E-state index contributed by atoms with van der Waals surface area (Å²) in [7, 11) is 0. The molecular weight excluding hydrogens is 204 g/mol. The molecule has 1 amide bonds. The van der Waals surface area contributed by atoms with Crippen LogP contribution in [0.2, 0.25) is 0 Å². The number of nitrogens with one attached hydrogen (secondary N) is 2. The predicted octanol–water partition coefficient (Wildman–Crippen LogP) is 0.644. The first kappa shape index (κ1) is 10.4. The predicted molar refractivity (Wildman–Crippen MR) is 58.6 cm³/mol. The van der Waals surface area contributed by atoms with Crippen molar-refractivity contribution in [3.8, 4) is 6.07 Å². The maximum absolute atomic E-state index is 11.0. The summed E-state index contributed by atoms with van der Waals surface area (Å²) >= 11 is 0. The van der Waals surface area contributed by atoms with Crippen molar-refractivity contribution in [1.29, 1.82) is 5.26 Å². The average Bonchev–Trinajstić information content (AvgIpc) is 2.32. The molecule has 82 valence electrons. The minimum Gasteiger partial charge on any atom is -0.380 e. The molecule has 1 unspecified atom stereocenters. The number of rotatable bonds is 2. The Balaban J connectivity index is 1.98.